The fraction of sp³-hybridized carbons (Fsp3) is 0.571. The van der Waals surface area contributed by atoms with Crippen LogP contribution in [-0.4, -0.2) is 62.7 Å². The van der Waals surface area contributed by atoms with E-state index in [1.54, 1.807) is 7.11 Å². The molecule has 1 aromatic rings. The SMILES string of the molecule is COc1ccccc1OC[C@@H]1CN(CCO)CCO1. The molecular weight excluding hydrogens is 246 g/mol. The highest BCUT2D eigenvalue weighted by Crippen LogP contribution is 2.26. The summed E-state index contributed by atoms with van der Waals surface area (Å²) in [4.78, 5) is 2.18. The lowest BCUT2D eigenvalue weighted by molar-refractivity contribution is -0.0510. The number of para-hydroxylation sites is 2. The Kier molecular flexibility index (Phi) is 5.44. The number of ether oxygens (including phenoxy) is 3. The Morgan fingerprint density at radius 3 is 2.89 bits per heavy atom. The minimum absolute atomic E-state index is 0.0326. The number of nitrogens with zero attached hydrogens (tertiary/aromatic N) is 1. The molecule has 1 aromatic carbocycles. The van der Waals surface area contributed by atoms with Crippen molar-refractivity contribution in [1.82, 2.24) is 4.90 Å². The molecule has 1 aliphatic rings. The molecule has 0 amide bonds. The normalized spacial score (nSPS) is 20.2. The van der Waals surface area contributed by atoms with E-state index in [1.807, 2.05) is 24.3 Å². The standard InChI is InChI=1S/C14H21NO4/c1-17-13-4-2-3-5-14(13)19-11-12-10-15(6-8-16)7-9-18-12/h2-5,12,16H,6-11H2,1H3/t12-/m0/s1. The molecule has 1 N–H and O–H groups in total. The van der Waals surface area contributed by atoms with Crippen LogP contribution in [0.5, 0.6) is 11.5 Å². The van der Waals surface area contributed by atoms with Crippen LogP contribution in [0.15, 0.2) is 24.3 Å². The van der Waals surface area contributed by atoms with Crippen molar-refractivity contribution in [3.05, 3.63) is 24.3 Å². The second kappa shape index (κ2) is 7.33. The van der Waals surface area contributed by atoms with Crippen LogP contribution in [0.2, 0.25) is 0 Å². The Hall–Kier alpha value is -1.30. The Morgan fingerprint density at radius 1 is 1.37 bits per heavy atom. The number of β-amino-alcohol motifs (C(OH)–C–C–N with tert-alkyl or cyclic N) is 1. The van der Waals surface area contributed by atoms with Gasteiger partial charge in [-0.15, -0.1) is 0 Å². The van der Waals surface area contributed by atoms with Crippen molar-refractivity contribution in [1.29, 1.82) is 0 Å². The number of morpholine rings is 1. The largest absolute Gasteiger partial charge is 0.493 e. The highest BCUT2D eigenvalue weighted by atomic mass is 16.5. The molecule has 1 heterocycles. The molecule has 1 atom stereocenters. The quantitative estimate of drug-likeness (QED) is 0.825. The molecule has 0 saturated carbocycles. The smallest absolute Gasteiger partial charge is 0.161 e. The molecule has 0 aromatic heterocycles. The highest BCUT2D eigenvalue weighted by molar-refractivity contribution is 5.39. The Morgan fingerprint density at radius 2 is 2.16 bits per heavy atom. The average Bonchev–Trinajstić information content (AvgIpc) is 2.46. The molecular formula is C14H21NO4. The van der Waals surface area contributed by atoms with Crippen molar-refractivity contribution in [2.24, 2.45) is 0 Å². The summed E-state index contributed by atoms with van der Waals surface area (Å²) >= 11 is 0. The fourth-order valence-electron chi connectivity index (χ4n) is 2.15. The van der Waals surface area contributed by atoms with Crippen LogP contribution in [0.1, 0.15) is 0 Å². The molecule has 1 aliphatic heterocycles. The number of methoxy groups -OCH3 is 1. The first-order chi connectivity index (χ1) is 9.33. The monoisotopic (exact) mass is 267 g/mol. The van der Waals surface area contributed by atoms with E-state index in [1.165, 1.54) is 0 Å². The van der Waals surface area contributed by atoms with E-state index in [0.717, 1.165) is 24.6 Å². The maximum absolute atomic E-state index is 8.95. The average molecular weight is 267 g/mol. The molecule has 0 unspecified atom stereocenters. The van der Waals surface area contributed by atoms with Crippen molar-refractivity contribution in [3.8, 4) is 11.5 Å². The third-order valence-corrected chi connectivity index (χ3v) is 3.13. The van der Waals surface area contributed by atoms with E-state index in [9.17, 15) is 0 Å². The van der Waals surface area contributed by atoms with Gasteiger partial charge in [-0.3, -0.25) is 4.90 Å². The zero-order chi connectivity index (χ0) is 13.5. The predicted molar refractivity (Wildman–Crippen MR) is 71.8 cm³/mol. The summed E-state index contributed by atoms with van der Waals surface area (Å²) in [5.41, 5.74) is 0. The molecule has 0 spiro atoms. The predicted octanol–water partition coefficient (Wildman–Crippen LogP) is 0.767. The summed E-state index contributed by atoms with van der Waals surface area (Å²) in [6.07, 6.45) is 0.0326. The summed E-state index contributed by atoms with van der Waals surface area (Å²) < 4.78 is 16.7. The van der Waals surface area contributed by atoms with Crippen molar-refractivity contribution >= 4 is 0 Å². The van der Waals surface area contributed by atoms with Crippen molar-refractivity contribution in [2.75, 3.05) is 46.6 Å². The van der Waals surface area contributed by atoms with E-state index in [0.29, 0.717) is 19.8 Å². The van der Waals surface area contributed by atoms with Gasteiger partial charge < -0.3 is 19.3 Å². The van der Waals surface area contributed by atoms with Gasteiger partial charge in [-0.05, 0) is 12.1 Å². The van der Waals surface area contributed by atoms with Gasteiger partial charge in [0, 0.05) is 19.6 Å². The van der Waals surface area contributed by atoms with E-state index < -0.39 is 0 Å². The van der Waals surface area contributed by atoms with Crippen LogP contribution in [0.3, 0.4) is 0 Å². The van der Waals surface area contributed by atoms with Gasteiger partial charge in [0.2, 0.25) is 0 Å². The van der Waals surface area contributed by atoms with E-state index in [2.05, 4.69) is 4.90 Å². The fourth-order valence-corrected chi connectivity index (χ4v) is 2.15. The molecule has 19 heavy (non-hydrogen) atoms. The number of benzene rings is 1. The third-order valence-electron chi connectivity index (χ3n) is 3.13. The molecule has 5 heteroatoms. The van der Waals surface area contributed by atoms with Gasteiger partial charge >= 0.3 is 0 Å². The maximum atomic E-state index is 8.95. The Bertz CT molecular complexity index is 383. The lowest BCUT2D eigenvalue weighted by Gasteiger charge is -2.32. The second-order valence-electron chi connectivity index (χ2n) is 4.48. The van der Waals surface area contributed by atoms with Gasteiger partial charge in [0.15, 0.2) is 11.5 Å². The zero-order valence-corrected chi connectivity index (χ0v) is 11.2. The van der Waals surface area contributed by atoms with Crippen LogP contribution >= 0.6 is 0 Å². The van der Waals surface area contributed by atoms with Gasteiger partial charge in [-0.1, -0.05) is 12.1 Å². The van der Waals surface area contributed by atoms with Crippen molar-refractivity contribution in [2.45, 2.75) is 6.10 Å². The number of aliphatic hydroxyl groups excluding tert-OH is 1. The van der Waals surface area contributed by atoms with Crippen molar-refractivity contribution < 1.29 is 19.3 Å². The van der Waals surface area contributed by atoms with Gasteiger partial charge in [0.1, 0.15) is 12.7 Å². The maximum Gasteiger partial charge on any atom is 0.161 e. The second-order valence-corrected chi connectivity index (χ2v) is 4.48. The van der Waals surface area contributed by atoms with Crippen LogP contribution in [0, 0.1) is 0 Å². The summed E-state index contributed by atoms with van der Waals surface area (Å²) in [6.45, 7) is 3.69. The van der Waals surface area contributed by atoms with Gasteiger partial charge in [-0.2, -0.15) is 0 Å². The number of hydrogen-bond donors (Lipinski definition) is 1. The minimum Gasteiger partial charge on any atom is -0.493 e. The summed E-state index contributed by atoms with van der Waals surface area (Å²) in [7, 11) is 1.63. The highest BCUT2D eigenvalue weighted by Gasteiger charge is 2.20. The minimum atomic E-state index is 0.0326. The Balaban J connectivity index is 1.84. The number of rotatable bonds is 6. The lowest BCUT2D eigenvalue weighted by atomic mass is 10.2. The van der Waals surface area contributed by atoms with E-state index in [4.69, 9.17) is 19.3 Å². The van der Waals surface area contributed by atoms with Crippen LogP contribution in [0.4, 0.5) is 0 Å². The molecule has 1 saturated heterocycles. The third kappa shape index (κ3) is 4.09. The van der Waals surface area contributed by atoms with Gasteiger partial charge in [0.05, 0.1) is 20.3 Å². The van der Waals surface area contributed by atoms with Crippen LogP contribution in [0.25, 0.3) is 0 Å². The van der Waals surface area contributed by atoms with Gasteiger partial charge in [-0.25, -0.2) is 0 Å². The van der Waals surface area contributed by atoms with Crippen molar-refractivity contribution in [3.63, 3.8) is 0 Å². The van der Waals surface area contributed by atoms with Gasteiger partial charge in [0.25, 0.3) is 0 Å². The molecule has 5 nitrogen and oxygen atoms in total. The number of hydrogen-bond acceptors (Lipinski definition) is 5. The first-order valence-corrected chi connectivity index (χ1v) is 6.54. The molecule has 2 rings (SSSR count). The summed E-state index contributed by atoms with van der Waals surface area (Å²) in [6, 6.07) is 7.58. The van der Waals surface area contributed by atoms with Crippen LogP contribution < -0.4 is 9.47 Å². The summed E-state index contributed by atoms with van der Waals surface area (Å²) in [5.74, 6) is 1.46. The topological polar surface area (TPSA) is 51.2 Å². The number of aliphatic hydroxyl groups is 1. The molecule has 1 fully saturated rings. The first kappa shape index (κ1) is 14.1. The lowest BCUT2D eigenvalue weighted by Crippen LogP contribution is -2.45. The molecule has 0 bridgehead atoms. The zero-order valence-electron chi connectivity index (χ0n) is 11.2. The molecule has 0 radical (unpaired) electrons. The van der Waals surface area contributed by atoms with E-state index in [-0.39, 0.29) is 12.7 Å². The molecule has 106 valence electrons. The molecule has 0 aliphatic carbocycles. The van der Waals surface area contributed by atoms with Crippen LogP contribution in [-0.2, 0) is 4.74 Å². The van der Waals surface area contributed by atoms with E-state index >= 15 is 0 Å². The first-order valence-electron chi connectivity index (χ1n) is 6.54. The Labute approximate surface area is 113 Å². The summed E-state index contributed by atoms with van der Waals surface area (Å²) in [5, 5.41) is 8.95.